The first-order valence-corrected chi connectivity index (χ1v) is 4.67. The maximum atomic E-state index is 8.69. The molecule has 1 heterocycles. The largest absolute Gasteiger partial charge is 0.358 e. The molecule has 0 saturated carbocycles. The molecule has 0 atom stereocenters. The van der Waals surface area contributed by atoms with E-state index in [1.54, 1.807) is 0 Å². The zero-order valence-electron chi connectivity index (χ0n) is 8.39. The minimum absolute atomic E-state index is 0.469. The van der Waals surface area contributed by atoms with Gasteiger partial charge in [0.05, 0.1) is 18.0 Å². The van der Waals surface area contributed by atoms with E-state index >= 15 is 0 Å². The van der Waals surface area contributed by atoms with E-state index in [1.165, 1.54) is 16.6 Å². The maximum absolute atomic E-state index is 8.69. The zero-order chi connectivity index (χ0) is 10.1. The molecule has 0 aliphatic rings. The summed E-state index contributed by atoms with van der Waals surface area (Å²) in [6.07, 6.45) is 0.469. The first-order valence-electron chi connectivity index (χ1n) is 4.67. The van der Waals surface area contributed by atoms with E-state index < -0.39 is 0 Å². The Morgan fingerprint density at radius 3 is 2.86 bits per heavy atom. The highest BCUT2D eigenvalue weighted by Gasteiger charge is 2.06. The van der Waals surface area contributed by atoms with Crippen LogP contribution >= 0.6 is 0 Å². The number of hydrogen-bond acceptors (Lipinski definition) is 1. The van der Waals surface area contributed by atoms with Gasteiger partial charge in [0.25, 0.3) is 0 Å². The summed E-state index contributed by atoms with van der Waals surface area (Å²) in [5.74, 6) is 0. The molecular weight excluding hydrogens is 172 g/mol. The fourth-order valence-corrected chi connectivity index (χ4v) is 1.78. The maximum Gasteiger partial charge on any atom is 0.0670 e. The van der Waals surface area contributed by atoms with Gasteiger partial charge >= 0.3 is 0 Å². The van der Waals surface area contributed by atoms with Gasteiger partial charge in [-0.05, 0) is 25.0 Å². The van der Waals surface area contributed by atoms with E-state index in [0.717, 1.165) is 11.1 Å². The van der Waals surface area contributed by atoms with Crippen LogP contribution in [0, 0.1) is 25.2 Å². The average molecular weight is 184 g/mol. The van der Waals surface area contributed by atoms with Crippen molar-refractivity contribution in [2.24, 2.45) is 0 Å². The van der Waals surface area contributed by atoms with Gasteiger partial charge in [0, 0.05) is 11.1 Å². The third kappa shape index (κ3) is 1.18. The Balaban J connectivity index is 2.76. The first kappa shape index (κ1) is 8.83. The minimum Gasteiger partial charge on any atom is -0.358 e. The normalized spacial score (nSPS) is 10.4. The van der Waals surface area contributed by atoms with Crippen molar-refractivity contribution in [2.45, 2.75) is 20.3 Å². The number of nitriles is 1. The SMILES string of the molecule is Cc1[nH]c2c(CC#N)cccc2c1C. The number of para-hydroxylation sites is 1. The number of rotatable bonds is 1. The topological polar surface area (TPSA) is 39.6 Å². The predicted octanol–water partition coefficient (Wildman–Crippen LogP) is 2.85. The van der Waals surface area contributed by atoms with E-state index in [4.69, 9.17) is 5.26 Å². The molecule has 14 heavy (non-hydrogen) atoms. The van der Waals surface area contributed by atoms with Crippen LogP contribution in [-0.2, 0) is 6.42 Å². The van der Waals surface area contributed by atoms with Crippen molar-refractivity contribution in [3.05, 3.63) is 35.0 Å². The summed E-state index contributed by atoms with van der Waals surface area (Å²) < 4.78 is 0. The number of H-pyrrole nitrogens is 1. The lowest BCUT2D eigenvalue weighted by atomic mass is 10.1. The second kappa shape index (κ2) is 3.19. The molecule has 0 fully saturated rings. The second-order valence-electron chi connectivity index (χ2n) is 3.55. The van der Waals surface area contributed by atoms with Gasteiger partial charge in [-0.1, -0.05) is 18.2 Å². The Morgan fingerprint density at radius 2 is 2.14 bits per heavy atom. The van der Waals surface area contributed by atoms with Gasteiger partial charge in [-0.25, -0.2) is 0 Å². The molecule has 2 aromatic rings. The number of aryl methyl sites for hydroxylation is 2. The number of benzene rings is 1. The number of nitrogens with zero attached hydrogens (tertiary/aromatic N) is 1. The van der Waals surface area contributed by atoms with Crippen LogP contribution in [0.15, 0.2) is 18.2 Å². The van der Waals surface area contributed by atoms with Crippen molar-refractivity contribution in [1.29, 1.82) is 5.26 Å². The lowest BCUT2D eigenvalue weighted by molar-refractivity contribution is 1.22. The Hall–Kier alpha value is -1.75. The van der Waals surface area contributed by atoms with Crippen LogP contribution in [0.25, 0.3) is 10.9 Å². The molecule has 2 rings (SSSR count). The minimum atomic E-state index is 0.469. The molecule has 1 aromatic heterocycles. The first-order chi connectivity index (χ1) is 6.74. The standard InChI is InChI=1S/C12H12N2/c1-8-9(2)14-12-10(6-7-13)4-3-5-11(8)12/h3-5,14H,6H2,1-2H3. The Kier molecular flexibility index (Phi) is 2.01. The molecule has 0 spiro atoms. The molecule has 1 aromatic carbocycles. The monoisotopic (exact) mass is 184 g/mol. The molecule has 0 amide bonds. The van der Waals surface area contributed by atoms with Gasteiger partial charge in [-0.2, -0.15) is 5.26 Å². The predicted molar refractivity (Wildman–Crippen MR) is 57.1 cm³/mol. The third-order valence-electron chi connectivity index (χ3n) is 2.70. The van der Waals surface area contributed by atoms with E-state index in [1.807, 2.05) is 12.1 Å². The number of nitrogens with one attached hydrogen (secondary N) is 1. The molecule has 0 aliphatic heterocycles. The fourth-order valence-electron chi connectivity index (χ4n) is 1.78. The molecule has 0 unspecified atom stereocenters. The Labute approximate surface area is 83.2 Å². The third-order valence-corrected chi connectivity index (χ3v) is 2.70. The van der Waals surface area contributed by atoms with Crippen LogP contribution in [0.3, 0.4) is 0 Å². The van der Waals surface area contributed by atoms with Crippen molar-refractivity contribution in [3.8, 4) is 6.07 Å². The van der Waals surface area contributed by atoms with E-state index in [2.05, 4.69) is 31.0 Å². The summed E-state index contributed by atoms with van der Waals surface area (Å²) in [6, 6.07) is 8.29. The smallest absolute Gasteiger partial charge is 0.0670 e. The van der Waals surface area contributed by atoms with Crippen LogP contribution in [0.4, 0.5) is 0 Å². The van der Waals surface area contributed by atoms with Gasteiger partial charge in [0.1, 0.15) is 0 Å². The number of hydrogen-bond donors (Lipinski definition) is 1. The van der Waals surface area contributed by atoms with E-state index in [9.17, 15) is 0 Å². The molecule has 0 radical (unpaired) electrons. The number of fused-ring (bicyclic) bond motifs is 1. The van der Waals surface area contributed by atoms with Crippen LogP contribution in [-0.4, -0.2) is 4.98 Å². The summed E-state index contributed by atoms with van der Waals surface area (Å²) in [4.78, 5) is 3.33. The zero-order valence-corrected chi connectivity index (χ0v) is 8.39. The lowest BCUT2D eigenvalue weighted by Gasteiger charge is -1.97. The van der Waals surface area contributed by atoms with Gasteiger partial charge in [-0.15, -0.1) is 0 Å². The molecule has 0 bridgehead atoms. The molecule has 70 valence electrons. The van der Waals surface area contributed by atoms with Crippen molar-refractivity contribution in [2.75, 3.05) is 0 Å². The van der Waals surface area contributed by atoms with Gasteiger partial charge in [-0.3, -0.25) is 0 Å². The quantitative estimate of drug-likeness (QED) is 0.727. The highest BCUT2D eigenvalue weighted by Crippen LogP contribution is 2.24. The van der Waals surface area contributed by atoms with Crippen LogP contribution in [0.2, 0.25) is 0 Å². The summed E-state index contributed by atoms with van der Waals surface area (Å²) in [5.41, 5.74) is 4.66. The molecule has 2 nitrogen and oxygen atoms in total. The van der Waals surface area contributed by atoms with Gasteiger partial charge in [0.15, 0.2) is 0 Å². The van der Waals surface area contributed by atoms with Crippen molar-refractivity contribution < 1.29 is 0 Å². The van der Waals surface area contributed by atoms with Crippen molar-refractivity contribution in [3.63, 3.8) is 0 Å². The lowest BCUT2D eigenvalue weighted by Crippen LogP contribution is -1.83. The summed E-state index contributed by atoms with van der Waals surface area (Å²) in [7, 11) is 0. The van der Waals surface area contributed by atoms with Crippen LogP contribution < -0.4 is 0 Å². The summed E-state index contributed by atoms with van der Waals surface area (Å²) >= 11 is 0. The van der Waals surface area contributed by atoms with Crippen molar-refractivity contribution in [1.82, 2.24) is 4.98 Å². The van der Waals surface area contributed by atoms with Crippen LogP contribution in [0.1, 0.15) is 16.8 Å². The Morgan fingerprint density at radius 1 is 1.36 bits per heavy atom. The second-order valence-corrected chi connectivity index (χ2v) is 3.55. The molecule has 2 heteroatoms. The van der Waals surface area contributed by atoms with Crippen molar-refractivity contribution >= 4 is 10.9 Å². The van der Waals surface area contributed by atoms with Gasteiger partial charge < -0.3 is 4.98 Å². The molecule has 0 aliphatic carbocycles. The highest BCUT2D eigenvalue weighted by molar-refractivity contribution is 5.87. The molecule has 1 N–H and O–H groups in total. The highest BCUT2D eigenvalue weighted by atomic mass is 14.7. The number of aromatic nitrogens is 1. The number of aromatic amines is 1. The van der Waals surface area contributed by atoms with E-state index in [0.29, 0.717) is 6.42 Å². The molecule has 0 saturated heterocycles. The fraction of sp³-hybridized carbons (Fsp3) is 0.250. The van der Waals surface area contributed by atoms with E-state index in [-0.39, 0.29) is 0 Å². The van der Waals surface area contributed by atoms with Gasteiger partial charge in [0.2, 0.25) is 0 Å². The Bertz CT molecular complexity index is 515. The summed E-state index contributed by atoms with van der Waals surface area (Å²) in [5, 5.41) is 9.92. The van der Waals surface area contributed by atoms with Crippen LogP contribution in [0.5, 0.6) is 0 Å². The average Bonchev–Trinajstić information content (AvgIpc) is 2.46. The summed E-state index contributed by atoms with van der Waals surface area (Å²) in [6.45, 7) is 4.16. The molecular formula is C12H12N2.